The van der Waals surface area contributed by atoms with Crippen molar-refractivity contribution in [2.75, 3.05) is 31.1 Å². The first kappa shape index (κ1) is 26.7. The summed E-state index contributed by atoms with van der Waals surface area (Å²) in [5.74, 6) is -0.950. The Morgan fingerprint density at radius 3 is 2.11 bits per heavy atom. The number of rotatable bonds is 4. The van der Waals surface area contributed by atoms with Crippen molar-refractivity contribution in [2.45, 2.75) is 19.6 Å². The van der Waals surface area contributed by atoms with Gasteiger partial charge < -0.3 is 25.2 Å². The lowest BCUT2D eigenvalue weighted by Gasteiger charge is -2.35. The van der Waals surface area contributed by atoms with Crippen molar-refractivity contribution in [3.05, 3.63) is 65.5 Å². The average Bonchev–Trinajstić information content (AvgIpc) is 3.21. The Morgan fingerprint density at radius 2 is 1.58 bits per heavy atom. The number of carbonyl (C=O) groups is 2. The fourth-order valence-electron chi connectivity index (χ4n) is 3.67. The number of aromatic nitrogens is 3. The van der Waals surface area contributed by atoms with Gasteiger partial charge >= 0.3 is 12.1 Å². The largest absolute Gasteiger partial charge is 0.490 e. The van der Waals surface area contributed by atoms with E-state index >= 15 is 0 Å². The lowest BCUT2D eigenvalue weighted by Crippen LogP contribution is -2.49. The third kappa shape index (κ3) is 6.39. The summed E-state index contributed by atoms with van der Waals surface area (Å²) in [7, 11) is 1.97. The quantitative estimate of drug-likeness (QED) is 0.561. The maximum atomic E-state index is 13.1. The molecule has 1 aliphatic heterocycles. The second kappa shape index (κ2) is 11.2. The van der Waals surface area contributed by atoms with E-state index in [9.17, 15) is 18.0 Å². The van der Waals surface area contributed by atoms with Gasteiger partial charge in [-0.1, -0.05) is 30.3 Å². The summed E-state index contributed by atoms with van der Waals surface area (Å²) in [6.45, 7) is 5.26. The van der Waals surface area contributed by atoms with Gasteiger partial charge in [0.05, 0.1) is 0 Å². The van der Waals surface area contributed by atoms with Crippen molar-refractivity contribution in [2.24, 2.45) is 12.8 Å². The molecule has 36 heavy (non-hydrogen) atoms. The Labute approximate surface area is 205 Å². The highest BCUT2D eigenvalue weighted by Gasteiger charge is 2.38. The molecule has 0 bridgehead atoms. The van der Waals surface area contributed by atoms with Crippen LogP contribution in [-0.4, -0.2) is 69.0 Å². The number of carbonyl (C=O) groups excluding carboxylic acids is 1. The average molecular weight is 505 g/mol. The number of benzene rings is 2. The zero-order valence-electron chi connectivity index (χ0n) is 19.9. The maximum Gasteiger partial charge on any atom is 0.490 e. The molecule has 0 saturated carbocycles. The van der Waals surface area contributed by atoms with E-state index in [1.165, 1.54) is 0 Å². The number of aliphatic carboxylic acids is 1. The molecule has 0 aliphatic carbocycles. The normalized spacial score (nSPS) is 13.7. The van der Waals surface area contributed by atoms with Gasteiger partial charge in [0, 0.05) is 45.3 Å². The number of carboxylic acid groups (broad SMARTS) is 1. The van der Waals surface area contributed by atoms with Crippen molar-refractivity contribution in [3.63, 3.8) is 0 Å². The molecule has 1 fully saturated rings. The highest BCUT2D eigenvalue weighted by atomic mass is 19.4. The predicted molar refractivity (Wildman–Crippen MR) is 127 cm³/mol. The van der Waals surface area contributed by atoms with Crippen LogP contribution in [0.5, 0.6) is 0 Å². The topological polar surface area (TPSA) is 118 Å². The van der Waals surface area contributed by atoms with Crippen molar-refractivity contribution >= 4 is 17.8 Å². The smallest absolute Gasteiger partial charge is 0.475 e. The minimum absolute atomic E-state index is 0.0654. The van der Waals surface area contributed by atoms with Crippen LogP contribution in [0.3, 0.4) is 0 Å². The van der Waals surface area contributed by atoms with Gasteiger partial charge in [-0.3, -0.25) is 4.79 Å². The third-order valence-corrected chi connectivity index (χ3v) is 5.77. The van der Waals surface area contributed by atoms with Crippen molar-refractivity contribution in [1.82, 2.24) is 19.7 Å². The fourth-order valence-corrected chi connectivity index (χ4v) is 3.67. The number of alkyl halides is 3. The van der Waals surface area contributed by atoms with Crippen LogP contribution >= 0.6 is 0 Å². The first-order valence-electron chi connectivity index (χ1n) is 11.1. The van der Waals surface area contributed by atoms with Crippen LogP contribution < -0.4 is 10.6 Å². The van der Waals surface area contributed by atoms with E-state index in [4.69, 9.17) is 15.6 Å². The number of nitrogens with two attached hydrogens (primary N) is 1. The van der Waals surface area contributed by atoms with Crippen LogP contribution in [0.2, 0.25) is 0 Å². The number of hydrogen-bond donors (Lipinski definition) is 2. The molecule has 1 aromatic heterocycles. The molecule has 0 radical (unpaired) electrons. The van der Waals surface area contributed by atoms with E-state index in [2.05, 4.69) is 21.2 Å². The number of nitrogens with zero attached hydrogens (tertiary/aromatic N) is 5. The molecule has 1 amide bonds. The Bertz CT molecular complexity index is 1220. The minimum atomic E-state index is -5.08. The van der Waals surface area contributed by atoms with Gasteiger partial charge in [0.2, 0.25) is 5.95 Å². The maximum absolute atomic E-state index is 13.1. The summed E-state index contributed by atoms with van der Waals surface area (Å²) in [5.41, 5.74) is 9.65. The van der Waals surface area contributed by atoms with E-state index in [0.717, 1.165) is 41.6 Å². The summed E-state index contributed by atoms with van der Waals surface area (Å²) in [6.07, 6.45) is -5.08. The number of piperazine rings is 1. The number of halogens is 3. The molecule has 1 saturated heterocycles. The number of carboxylic acids is 1. The number of hydrogen-bond acceptors (Lipinski definition) is 6. The molecule has 2 heterocycles. The summed E-state index contributed by atoms with van der Waals surface area (Å²) in [4.78, 5) is 26.1. The van der Waals surface area contributed by atoms with Crippen LogP contribution in [-0.2, 0) is 18.4 Å². The third-order valence-electron chi connectivity index (χ3n) is 5.77. The van der Waals surface area contributed by atoms with E-state index < -0.39 is 12.1 Å². The highest BCUT2D eigenvalue weighted by molar-refractivity contribution is 5.95. The number of amides is 1. The molecular weight excluding hydrogens is 477 g/mol. The zero-order valence-corrected chi connectivity index (χ0v) is 19.9. The Balaban J connectivity index is 0.000000454. The van der Waals surface area contributed by atoms with Crippen LogP contribution in [0.25, 0.3) is 11.1 Å². The Morgan fingerprint density at radius 1 is 1.00 bits per heavy atom. The molecule has 4 rings (SSSR count). The molecule has 12 heteroatoms. The van der Waals surface area contributed by atoms with E-state index in [0.29, 0.717) is 25.2 Å². The Hall–Kier alpha value is -3.93. The molecule has 0 spiro atoms. The highest BCUT2D eigenvalue weighted by Crippen LogP contribution is 2.23. The van der Waals surface area contributed by atoms with E-state index in [-0.39, 0.29) is 5.91 Å². The van der Waals surface area contributed by atoms with Crippen LogP contribution in [0.1, 0.15) is 21.7 Å². The molecule has 3 N–H and O–H groups in total. The first-order chi connectivity index (χ1) is 17.0. The van der Waals surface area contributed by atoms with Crippen molar-refractivity contribution in [1.29, 1.82) is 0 Å². The van der Waals surface area contributed by atoms with Gasteiger partial charge in [-0.15, -0.1) is 10.2 Å². The molecule has 0 atom stereocenters. The van der Waals surface area contributed by atoms with Crippen LogP contribution in [0.15, 0.2) is 48.5 Å². The molecule has 9 nitrogen and oxygen atoms in total. The monoisotopic (exact) mass is 504 g/mol. The second-order valence-corrected chi connectivity index (χ2v) is 8.17. The number of aryl methyl sites for hydroxylation is 1. The molecule has 2 aromatic carbocycles. The molecule has 192 valence electrons. The van der Waals surface area contributed by atoms with Gasteiger partial charge in [-0.05, 0) is 41.8 Å². The van der Waals surface area contributed by atoms with Gasteiger partial charge in [0.25, 0.3) is 5.91 Å². The van der Waals surface area contributed by atoms with Crippen molar-refractivity contribution < 1.29 is 27.9 Å². The SMILES string of the molecule is Cc1nnc(N2CCN(C(=O)c3cccc(-c4cccc(CN)c4)c3)CC2)n1C.O=C(O)C(F)(F)F. The lowest BCUT2D eigenvalue weighted by atomic mass is 10.0. The summed E-state index contributed by atoms with van der Waals surface area (Å²) in [5, 5.41) is 15.5. The summed E-state index contributed by atoms with van der Waals surface area (Å²) in [6, 6.07) is 16.0. The zero-order chi connectivity index (χ0) is 26.5. The van der Waals surface area contributed by atoms with Gasteiger partial charge in [0.15, 0.2) is 0 Å². The number of anilines is 1. The van der Waals surface area contributed by atoms with Gasteiger partial charge in [0.1, 0.15) is 5.82 Å². The molecule has 1 aliphatic rings. The van der Waals surface area contributed by atoms with Crippen LogP contribution in [0, 0.1) is 6.92 Å². The molecule has 0 unspecified atom stereocenters. The predicted octanol–water partition coefficient (Wildman–Crippen LogP) is 2.84. The van der Waals surface area contributed by atoms with E-state index in [1.807, 2.05) is 65.9 Å². The van der Waals surface area contributed by atoms with Crippen LogP contribution in [0.4, 0.5) is 19.1 Å². The van der Waals surface area contributed by atoms with Crippen molar-refractivity contribution in [3.8, 4) is 11.1 Å². The standard InChI is InChI=1S/C22H26N6O.C2HF3O2/c1-16-24-25-22(26(16)2)28-11-9-27(10-12-28)21(29)20-8-4-7-19(14-20)18-6-3-5-17(13-18)15-23;3-2(4,5)1(6)7/h3-8,13-14H,9-12,15,23H2,1-2H3;(H,6,7). The fraction of sp³-hybridized carbons (Fsp3) is 0.333. The van der Waals surface area contributed by atoms with Gasteiger partial charge in [-0.2, -0.15) is 13.2 Å². The summed E-state index contributed by atoms with van der Waals surface area (Å²) >= 11 is 0. The first-order valence-corrected chi connectivity index (χ1v) is 11.1. The van der Waals surface area contributed by atoms with E-state index in [1.54, 1.807) is 0 Å². The van der Waals surface area contributed by atoms with Gasteiger partial charge in [-0.25, -0.2) is 4.79 Å². The molecular formula is C24H27F3N6O3. The Kier molecular flexibility index (Phi) is 8.30. The lowest BCUT2D eigenvalue weighted by molar-refractivity contribution is -0.192. The molecule has 3 aromatic rings. The summed E-state index contributed by atoms with van der Waals surface area (Å²) < 4.78 is 33.7. The second-order valence-electron chi connectivity index (χ2n) is 8.17. The minimum Gasteiger partial charge on any atom is -0.475 e.